The molecule has 0 aliphatic heterocycles. The molecular formula is C16H25NO2. The number of methoxy groups -OCH3 is 1. The van der Waals surface area contributed by atoms with E-state index in [2.05, 4.69) is 6.92 Å². The molecule has 0 fully saturated rings. The molecule has 0 amide bonds. The van der Waals surface area contributed by atoms with Gasteiger partial charge in [-0.1, -0.05) is 31.9 Å². The van der Waals surface area contributed by atoms with Gasteiger partial charge in [0, 0.05) is 6.42 Å². The van der Waals surface area contributed by atoms with Crippen LogP contribution in [0.15, 0.2) is 24.3 Å². The summed E-state index contributed by atoms with van der Waals surface area (Å²) < 4.78 is 5.23. The number of carbonyl (C=O) groups excluding carboxylic acids is 1. The quantitative estimate of drug-likeness (QED) is 0.694. The van der Waals surface area contributed by atoms with Crippen molar-refractivity contribution in [1.82, 2.24) is 0 Å². The molecule has 1 atom stereocenters. The van der Waals surface area contributed by atoms with Crippen LogP contribution in [0.25, 0.3) is 0 Å². The summed E-state index contributed by atoms with van der Waals surface area (Å²) in [7, 11) is 1.60. The average molecular weight is 263 g/mol. The molecule has 3 nitrogen and oxygen atoms in total. The first-order chi connectivity index (χ1) is 9.22. The Kier molecular flexibility index (Phi) is 7.19. The van der Waals surface area contributed by atoms with E-state index in [-0.39, 0.29) is 5.78 Å². The number of Topliss-reactive ketones (excluding diaryl/α,β-unsaturated/α-hetero) is 1. The van der Waals surface area contributed by atoms with Gasteiger partial charge in [-0.2, -0.15) is 0 Å². The maximum atomic E-state index is 12.2. The molecule has 0 bridgehead atoms. The summed E-state index contributed by atoms with van der Waals surface area (Å²) in [5.41, 5.74) is 6.31. The summed E-state index contributed by atoms with van der Waals surface area (Å²) in [6, 6.07) is 7.42. The second-order valence-corrected chi connectivity index (χ2v) is 4.89. The molecule has 19 heavy (non-hydrogen) atoms. The predicted octanol–water partition coefficient (Wildman–Crippen LogP) is 3.42. The van der Waals surface area contributed by atoms with E-state index in [4.69, 9.17) is 10.5 Å². The maximum Gasteiger partial charge on any atom is 0.166 e. The minimum absolute atomic E-state index is 0.163. The number of hydrogen-bond acceptors (Lipinski definition) is 3. The third-order valence-corrected chi connectivity index (χ3v) is 3.46. The normalized spacial score (nSPS) is 12.2. The molecular weight excluding hydrogens is 238 g/mol. The zero-order chi connectivity index (χ0) is 14.1. The zero-order valence-electron chi connectivity index (χ0n) is 12.0. The number of ether oxygens (including phenoxy) is 1. The number of para-hydroxylation sites is 1. The number of benzene rings is 1. The van der Waals surface area contributed by atoms with E-state index < -0.39 is 0 Å². The minimum Gasteiger partial charge on any atom is -0.496 e. The molecule has 0 aromatic heterocycles. The van der Waals surface area contributed by atoms with Gasteiger partial charge in [0.1, 0.15) is 5.75 Å². The molecule has 1 unspecified atom stereocenters. The van der Waals surface area contributed by atoms with Crippen molar-refractivity contribution in [3.8, 4) is 5.75 Å². The van der Waals surface area contributed by atoms with Gasteiger partial charge in [-0.3, -0.25) is 4.79 Å². The van der Waals surface area contributed by atoms with Gasteiger partial charge in [0.05, 0.1) is 12.7 Å². The van der Waals surface area contributed by atoms with E-state index in [0.717, 1.165) is 25.7 Å². The summed E-state index contributed by atoms with van der Waals surface area (Å²) in [5.74, 6) is 1.39. The van der Waals surface area contributed by atoms with Gasteiger partial charge in [0.2, 0.25) is 0 Å². The Morgan fingerprint density at radius 1 is 1.26 bits per heavy atom. The molecule has 1 aromatic carbocycles. The SMILES string of the molecule is CCCC(CCN)CCC(=O)c1ccccc1OC. The molecule has 106 valence electrons. The molecule has 1 rings (SSSR count). The Hall–Kier alpha value is -1.35. The Labute approximate surface area is 116 Å². The summed E-state index contributed by atoms with van der Waals surface area (Å²) in [4.78, 5) is 12.2. The lowest BCUT2D eigenvalue weighted by Crippen LogP contribution is -2.11. The molecule has 2 N–H and O–H groups in total. The molecule has 0 heterocycles. The van der Waals surface area contributed by atoms with Crippen LogP contribution in [-0.2, 0) is 0 Å². The van der Waals surface area contributed by atoms with E-state index in [9.17, 15) is 4.79 Å². The van der Waals surface area contributed by atoms with Gasteiger partial charge >= 0.3 is 0 Å². The van der Waals surface area contributed by atoms with Crippen LogP contribution in [0.1, 0.15) is 49.4 Å². The van der Waals surface area contributed by atoms with Gasteiger partial charge in [0.25, 0.3) is 0 Å². The fourth-order valence-electron chi connectivity index (χ4n) is 2.42. The smallest absolute Gasteiger partial charge is 0.166 e. The number of nitrogens with two attached hydrogens (primary N) is 1. The summed E-state index contributed by atoms with van der Waals surface area (Å²) >= 11 is 0. The van der Waals surface area contributed by atoms with Crippen molar-refractivity contribution in [2.45, 2.75) is 39.0 Å². The molecule has 0 saturated heterocycles. The highest BCUT2D eigenvalue weighted by atomic mass is 16.5. The first-order valence-electron chi connectivity index (χ1n) is 7.09. The van der Waals surface area contributed by atoms with Crippen molar-refractivity contribution in [3.63, 3.8) is 0 Å². The fraction of sp³-hybridized carbons (Fsp3) is 0.562. The van der Waals surface area contributed by atoms with Gasteiger partial charge in [-0.05, 0) is 37.4 Å². The Morgan fingerprint density at radius 2 is 2.00 bits per heavy atom. The predicted molar refractivity (Wildman–Crippen MR) is 78.6 cm³/mol. The van der Waals surface area contributed by atoms with E-state index in [1.807, 2.05) is 24.3 Å². The maximum absolute atomic E-state index is 12.2. The average Bonchev–Trinajstić information content (AvgIpc) is 2.44. The molecule has 0 aliphatic carbocycles. The van der Waals surface area contributed by atoms with Gasteiger partial charge in [-0.25, -0.2) is 0 Å². The van der Waals surface area contributed by atoms with Crippen LogP contribution in [0, 0.1) is 5.92 Å². The van der Waals surface area contributed by atoms with Crippen LogP contribution in [0.4, 0.5) is 0 Å². The van der Waals surface area contributed by atoms with Crippen molar-refractivity contribution in [3.05, 3.63) is 29.8 Å². The van der Waals surface area contributed by atoms with Crippen molar-refractivity contribution < 1.29 is 9.53 Å². The van der Waals surface area contributed by atoms with Crippen LogP contribution in [-0.4, -0.2) is 19.4 Å². The van der Waals surface area contributed by atoms with E-state index >= 15 is 0 Å². The monoisotopic (exact) mass is 263 g/mol. The standard InChI is InChI=1S/C16H25NO2/c1-3-6-13(11-12-17)9-10-15(18)14-7-4-5-8-16(14)19-2/h4-5,7-8,13H,3,6,9-12,17H2,1-2H3. The van der Waals surface area contributed by atoms with E-state index in [1.54, 1.807) is 7.11 Å². The molecule has 0 aliphatic rings. The number of ketones is 1. The lowest BCUT2D eigenvalue weighted by atomic mass is 9.92. The Bertz CT molecular complexity index is 384. The van der Waals surface area contributed by atoms with Crippen LogP contribution < -0.4 is 10.5 Å². The Morgan fingerprint density at radius 3 is 2.63 bits per heavy atom. The second kappa shape index (κ2) is 8.70. The third kappa shape index (κ3) is 5.03. The van der Waals surface area contributed by atoms with Crippen molar-refractivity contribution in [2.24, 2.45) is 11.7 Å². The van der Waals surface area contributed by atoms with Crippen LogP contribution >= 0.6 is 0 Å². The van der Waals surface area contributed by atoms with Gasteiger partial charge in [0.15, 0.2) is 5.78 Å². The minimum atomic E-state index is 0.163. The van der Waals surface area contributed by atoms with Crippen molar-refractivity contribution in [2.75, 3.05) is 13.7 Å². The molecule has 1 aromatic rings. The van der Waals surface area contributed by atoms with Gasteiger partial charge in [-0.15, -0.1) is 0 Å². The topological polar surface area (TPSA) is 52.3 Å². The van der Waals surface area contributed by atoms with E-state index in [1.165, 1.54) is 0 Å². The molecule has 0 spiro atoms. The highest BCUT2D eigenvalue weighted by Crippen LogP contribution is 2.23. The molecule has 0 saturated carbocycles. The lowest BCUT2D eigenvalue weighted by molar-refractivity contribution is 0.0969. The lowest BCUT2D eigenvalue weighted by Gasteiger charge is -2.14. The highest BCUT2D eigenvalue weighted by molar-refractivity contribution is 5.98. The largest absolute Gasteiger partial charge is 0.496 e. The summed E-state index contributed by atoms with van der Waals surface area (Å²) in [6.07, 6.45) is 4.80. The fourth-order valence-corrected chi connectivity index (χ4v) is 2.42. The van der Waals surface area contributed by atoms with Gasteiger partial charge < -0.3 is 10.5 Å². The van der Waals surface area contributed by atoms with Crippen LogP contribution in [0.2, 0.25) is 0 Å². The molecule has 0 radical (unpaired) electrons. The Balaban J connectivity index is 2.58. The van der Waals surface area contributed by atoms with Crippen molar-refractivity contribution >= 4 is 5.78 Å². The van der Waals surface area contributed by atoms with Crippen molar-refractivity contribution in [1.29, 1.82) is 0 Å². The first kappa shape index (κ1) is 15.7. The van der Waals surface area contributed by atoms with Crippen LogP contribution in [0.5, 0.6) is 5.75 Å². The second-order valence-electron chi connectivity index (χ2n) is 4.89. The summed E-state index contributed by atoms with van der Waals surface area (Å²) in [5, 5.41) is 0. The zero-order valence-corrected chi connectivity index (χ0v) is 12.0. The third-order valence-electron chi connectivity index (χ3n) is 3.46. The van der Waals surface area contributed by atoms with Crippen LogP contribution in [0.3, 0.4) is 0 Å². The van der Waals surface area contributed by atoms with E-state index in [0.29, 0.717) is 30.2 Å². The highest BCUT2D eigenvalue weighted by Gasteiger charge is 2.14. The number of carbonyl (C=O) groups is 1. The molecule has 3 heteroatoms. The summed E-state index contributed by atoms with van der Waals surface area (Å²) in [6.45, 7) is 2.87. The number of rotatable bonds is 9. The number of hydrogen-bond donors (Lipinski definition) is 1. The first-order valence-corrected chi connectivity index (χ1v) is 7.09.